The highest BCUT2D eigenvalue weighted by Gasteiger charge is 2.29. The number of carboxylic acid groups (broad SMARTS) is 1. The molecule has 1 heterocycles. The van der Waals surface area contributed by atoms with Gasteiger partial charge in [0.15, 0.2) is 0 Å². The molecule has 1 aliphatic heterocycles. The smallest absolute Gasteiger partial charge is 0.337 e. The number of carbonyl (C=O) groups is 1. The molecule has 0 bridgehead atoms. The number of aliphatic carboxylic acids is 1. The van der Waals surface area contributed by atoms with E-state index >= 15 is 0 Å². The molecule has 0 radical (unpaired) electrons. The van der Waals surface area contributed by atoms with Gasteiger partial charge in [-0.05, 0) is 19.4 Å². The molecule has 0 saturated heterocycles. The van der Waals surface area contributed by atoms with E-state index in [2.05, 4.69) is 0 Å². The largest absolute Gasteiger partial charge is 0.622 e. The Labute approximate surface area is 100.0 Å². The van der Waals surface area contributed by atoms with E-state index in [-0.39, 0.29) is 5.57 Å². The van der Waals surface area contributed by atoms with Gasteiger partial charge in [-0.15, -0.1) is 0 Å². The minimum absolute atomic E-state index is 0.179. The van der Waals surface area contributed by atoms with E-state index < -0.39 is 10.6 Å². The maximum absolute atomic E-state index is 12.6. The summed E-state index contributed by atoms with van der Waals surface area (Å²) < 4.78 is -0.682. The van der Waals surface area contributed by atoms with Crippen LogP contribution in [-0.2, 0) is 11.2 Å². The van der Waals surface area contributed by atoms with Gasteiger partial charge in [0.25, 0.3) is 0 Å². The van der Waals surface area contributed by atoms with Crippen molar-refractivity contribution in [3.05, 3.63) is 46.3 Å². The molecule has 1 N–H and O–H groups in total. The van der Waals surface area contributed by atoms with E-state index in [1.165, 1.54) is 6.20 Å². The molecule has 2 rings (SSSR count). The first-order valence-corrected chi connectivity index (χ1v) is 5.60. The summed E-state index contributed by atoms with van der Waals surface area (Å²) in [6.07, 6.45) is 1.64. The Morgan fingerprint density at radius 2 is 2.24 bits per heavy atom. The summed E-state index contributed by atoms with van der Waals surface area (Å²) in [5.41, 5.74) is 2.67. The van der Waals surface area contributed by atoms with Crippen molar-refractivity contribution in [1.29, 1.82) is 0 Å². The number of quaternary nitrogens is 1. The summed E-state index contributed by atoms with van der Waals surface area (Å²) in [5.74, 6) is -1.01. The minimum Gasteiger partial charge on any atom is -0.622 e. The molecule has 0 aliphatic carbocycles. The Morgan fingerprint density at radius 3 is 2.82 bits per heavy atom. The van der Waals surface area contributed by atoms with Crippen LogP contribution in [0.1, 0.15) is 18.1 Å². The van der Waals surface area contributed by atoms with Crippen LogP contribution in [0.2, 0.25) is 0 Å². The van der Waals surface area contributed by atoms with Gasteiger partial charge in [-0.3, -0.25) is 0 Å². The van der Waals surface area contributed by atoms with Crippen LogP contribution in [0.5, 0.6) is 0 Å². The summed E-state index contributed by atoms with van der Waals surface area (Å²) in [6, 6.07) is 5.60. The lowest BCUT2D eigenvalue weighted by atomic mass is 9.97. The van der Waals surface area contributed by atoms with E-state index in [4.69, 9.17) is 5.11 Å². The van der Waals surface area contributed by atoms with Gasteiger partial charge in [0, 0.05) is 18.1 Å². The molecule has 4 heteroatoms. The quantitative estimate of drug-likeness (QED) is 0.630. The molecular formula is C13H15NO3. The molecule has 0 spiro atoms. The minimum atomic E-state index is -1.01. The number of carboxylic acids is 1. The summed E-state index contributed by atoms with van der Waals surface area (Å²) in [6.45, 7) is 3.99. The fraction of sp³-hybridized carbons (Fsp3) is 0.308. The molecule has 4 nitrogen and oxygen atoms in total. The molecule has 1 aromatic carbocycles. The SMILES string of the molecule is CC[N+]1([O-])C=C(C(=O)O)Cc2ccc(C)cc21. The van der Waals surface area contributed by atoms with Crippen LogP contribution in [-0.4, -0.2) is 17.6 Å². The van der Waals surface area contributed by atoms with Crippen LogP contribution >= 0.6 is 0 Å². The Bertz CT molecular complexity index is 507. The molecule has 0 fully saturated rings. The topological polar surface area (TPSA) is 60.4 Å². The first-order valence-electron chi connectivity index (χ1n) is 5.60. The number of rotatable bonds is 2. The van der Waals surface area contributed by atoms with E-state index in [1.54, 1.807) is 6.92 Å². The van der Waals surface area contributed by atoms with Crippen molar-refractivity contribution < 1.29 is 9.90 Å². The zero-order valence-corrected chi connectivity index (χ0v) is 9.93. The van der Waals surface area contributed by atoms with Gasteiger partial charge >= 0.3 is 5.97 Å². The second-order valence-electron chi connectivity index (χ2n) is 4.38. The van der Waals surface area contributed by atoms with E-state index in [9.17, 15) is 10.0 Å². The lowest BCUT2D eigenvalue weighted by Gasteiger charge is -2.41. The predicted octanol–water partition coefficient (Wildman–Crippen LogP) is 2.34. The maximum Gasteiger partial charge on any atom is 0.337 e. The molecule has 0 amide bonds. The van der Waals surface area contributed by atoms with Crippen molar-refractivity contribution in [3.8, 4) is 0 Å². The normalized spacial score (nSPS) is 22.9. The second-order valence-corrected chi connectivity index (χ2v) is 4.38. The number of hydrogen-bond acceptors (Lipinski definition) is 2. The van der Waals surface area contributed by atoms with Crippen molar-refractivity contribution in [1.82, 2.24) is 4.65 Å². The highest BCUT2D eigenvalue weighted by molar-refractivity contribution is 5.89. The van der Waals surface area contributed by atoms with Gasteiger partial charge in [-0.1, -0.05) is 12.1 Å². The van der Waals surface area contributed by atoms with Crippen LogP contribution < -0.4 is 4.65 Å². The average Bonchev–Trinajstić information content (AvgIpc) is 2.29. The lowest BCUT2D eigenvalue weighted by molar-refractivity contribution is -0.132. The first kappa shape index (κ1) is 11.8. The molecule has 0 aromatic heterocycles. The molecule has 90 valence electrons. The van der Waals surface area contributed by atoms with Crippen LogP contribution in [0.4, 0.5) is 5.69 Å². The molecule has 1 aliphatic rings. The average molecular weight is 233 g/mol. The molecule has 1 atom stereocenters. The van der Waals surface area contributed by atoms with Crippen molar-refractivity contribution >= 4 is 11.7 Å². The first-order chi connectivity index (χ1) is 7.96. The molecule has 1 aromatic rings. The van der Waals surface area contributed by atoms with Gasteiger partial charge in [-0.25, -0.2) is 4.79 Å². The van der Waals surface area contributed by atoms with Crippen molar-refractivity contribution in [2.75, 3.05) is 6.54 Å². The number of aryl methyl sites for hydroxylation is 1. The van der Waals surface area contributed by atoms with E-state index in [0.29, 0.717) is 18.7 Å². The monoisotopic (exact) mass is 233 g/mol. The number of nitrogens with zero attached hydrogens (tertiary/aromatic N) is 1. The Hall–Kier alpha value is -1.65. The van der Waals surface area contributed by atoms with Crippen LogP contribution in [0.25, 0.3) is 0 Å². The third-order valence-electron chi connectivity index (χ3n) is 3.14. The van der Waals surface area contributed by atoms with Crippen LogP contribution in [0.15, 0.2) is 30.0 Å². The van der Waals surface area contributed by atoms with Gasteiger partial charge < -0.3 is 15.0 Å². The number of benzene rings is 1. The summed E-state index contributed by atoms with van der Waals surface area (Å²) in [4.78, 5) is 11.0. The van der Waals surface area contributed by atoms with E-state index in [1.807, 2.05) is 25.1 Å². The van der Waals surface area contributed by atoms with Crippen LogP contribution in [0.3, 0.4) is 0 Å². The second kappa shape index (κ2) is 3.98. The van der Waals surface area contributed by atoms with Crippen molar-refractivity contribution in [3.63, 3.8) is 0 Å². The van der Waals surface area contributed by atoms with Crippen molar-refractivity contribution in [2.45, 2.75) is 20.3 Å². The third kappa shape index (κ3) is 1.97. The summed E-state index contributed by atoms with van der Waals surface area (Å²) in [5, 5.41) is 21.6. The maximum atomic E-state index is 12.6. The molecular weight excluding hydrogens is 218 g/mol. The summed E-state index contributed by atoms with van der Waals surface area (Å²) in [7, 11) is 0. The fourth-order valence-corrected chi connectivity index (χ4v) is 2.14. The summed E-state index contributed by atoms with van der Waals surface area (Å²) >= 11 is 0. The fourth-order valence-electron chi connectivity index (χ4n) is 2.14. The highest BCUT2D eigenvalue weighted by Crippen LogP contribution is 2.35. The number of fused-ring (bicyclic) bond motifs is 1. The van der Waals surface area contributed by atoms with Crippen LogP contribution in [0, 0.1) is 12.1 Å². The zero-order valence-electron chi connectivity index (χ0n) is 9.93. The van der Waals surface area contributed by atoms with Gasteiger partial charge in [0.1, 0.15) is 11.9 Å². The van der Waals surface area contributed by atoms with Gasteiger partial charge in [0.05, 0.1) is 12.1 Å². The zero-order chi connectivity index (χ0) is 12.6. The Morgan fingerprint density at radius 1 is 1.53 bits per heavy atom. The Balaban J connectivity index is 2.59. The van der Waals surface area contributed by atoms with Gasteiger partial charge in [0.2, 0.25) is 0 Å². The third-order valence-corrected chi connectivity index (χ3v) is 3.14. The molecule has 17 heavy (non-hydrogen) atoms. The predicted molar refractivity (Wildman–Crippen MR) is 66.3 cm³/mol. The molecule has 1 unspecified atom stereocenters. The highest BCUT2D eigenvalue weighted by atomic mass is 16.5. The van der Waals surface area contributed by atoms with E-state index in [0.717, 1.165) is 11.1 Å². The molecule has 0 saturated carbocycles. The Kier molecular flexibility index (Phi) is 2.77. The number of hydroxylamine groups is 2. The van der Waals surface area contributed by atoms with Crippen molar-refractivity contribution in [2.24, 2.45) is 0 Å². The standard InChI is InChI=1S/C13H15NO3/c1-3-14(17)8-11(13(15)16)7-10-5-4-9(2)6-12(10)14/h4-6,8H,3,7H2,1-2H3,(H,15,16). The lowest BCUT2D eigenvalue weighted by Crippen LogP contribution is -2.41. The number of hydrogen-bond donors (Lipinski definition) is 1. The van der Waals surface area contributed by atoms with Gasteiger partial charge in [-0.2, -0.15) is 0 Å².